The fraction of sp³-hybridized carbons (Fsp3) is 0.136. The number of nitro groups is 1. The Balaban J connectivity index is 1.66. The predicted octanol–water partition coefficient (Wildman–Crippen LogP) is 4.97. The van der Waals surface area contributed by atoms with Crippen molar-refractivity contribution >= 4 is 17.3 Å². The van der Waals surface area contributed by atoms with Crippen LogP contribution >= 0.6 is 0 Å². The highest BCUT2D eigenvalue weighted by Gasteiger charge is 2.11. The highest BCUT2D eigenvalue weighted by atomic mass is 16.6. The SMILES string of the molecule is CCOc1ccc(Oc2ccccc2NC(=O)Cc2ccc([N+](=O)[O-])cc2)cc1. The first-order chi connectivity index (χ1) is 14.0. The van der Waals surface area contributed by atoms with E-state index in [0.717, 1.165) is 5.75 Å². The maximum absolute atomic E-state index is 12.4. The Labute approximate surface area is 168 Å². The van der Waals surface area contributed by atoms with Gasteiger partial charge >= 0.3 is 0 Å². The molecule has 0 saturated heterocycles. The van der Waals surface area contributed by atoms with Crippen LogP contribution in [0.1, 0.15) is 12.5 Å². The van der Waals surface area contributed by atoms with E-state index in [1.54, 1.807) is 42.5 Å². The Morgan fingerprint density at radius 3 is 2.28 bits per heavy atom. The summed E-state index contributed by atoms with van der Waals surface area (Å²) in [6, 6.07) is 20.2. The van der Waals surface area contributed by atoms with Gasteiger partial charge in [-0.3, -0.25) is 14.9 Å². The second kappa shape index (κ2) is 9.36. The second-order valence-corrected chi connectivity index (χ2v) is 6.15. The third-order valence-corrected chi connectivity index (χ3v) is 4.04. The van der Waals surface area contributed by atoms with E-state index in [1.807, 2.05) is 25.1 Å². The minimum Gasteiger partial charge on any atom is -0.494 e. The number of anilines is 1. The molecule has 0 aliphatic rings. The van der Waals surface area contributed by atoms with Crippen LogP contribution in [0.4, 0.5) is 11.4 Å². The molecule has 29 heavy (non-hydrogen) atoms. The lowest BCUT2D eigenvalue weighted by Crippen LogP contribution is -2.14. The lowest BCUT2D eigenvalue weighted by atomic mass is 10.1. The first kappa shape index (κ1) is 19.9. The Bertz CT molecular complexity index is 985. The molecule has 0 heterocycles. The fourth-order valence-corrected chi connectivity index (χ4v) is 2.67. The van der Waals surface area contributed by atoms with E-state index in [0.29, 0.717) is 29.4 Å². The number of nitrogens with zero attached hydrogens (tertiary/aromatic N) is 1. The number of hydrogen-bond acceptors (Lipinski definition) is 5. The van der Waals surface area contributed by atoms with E-state index in [4.69, 9.17) is 9.47 Å². The van der Waals surface area contributed by atoms with Crippen LogP contribution in [0.25, 0.3) is 0 Å². The van der Waals surface area contributed by atoms with Crippen LogP contribution in [0.15, 0.2) is 72.8 Å². The van der Waals surface area contributed by atoms with E-state index in [1.165, 1.54) is 12.1 Å². The van der Waals surface area contributed by atoms with Gasteiger partial charge in [0.05, 0.1) is 23.6 Å². The molecule has 1 N–H and O–H groups in total. The predicted molar refractivity (Wildman–Crippen MR) is 110 cm³/mol. The van der Waals surface area contributed by atoms with Crippen molar-refractivity contribution in [1.82, 2.24) is 0 Å². The van der Waals surface area contributed by atoms with Gasteiger partial charge in [-0.15, -0.1) is 0 Å². The molecule has 0 spiro atoms. The van der Waals surface area contributed by atoms with Gasteiger partial charge in [0.25, 0.3) is 5.69 Å². The summed E-state index contributed by atoms with van der Waals surface area (Å²) in [5.74, 6) is 1.63. The average Bonchev–Trinajstić information content (AvgIpc) is 2.71. The van der Waals surface area contributed by atoms with Gasteiger partial charge in [-0.1, -0.05) is 24.3 Å². The van der Waals surface area contributed by atoms with Crippen molar-refractivity contribution in [1.29, 1.82) is 0 Å². The second-order valence-electron chi connectivity index (χ2n) is 6.15. The highest BCUT2D eigenvalue weighted by Crippen LogP contribution is 2.30. The van der Waals surface area contributed by atoms with Crippen molar-refractivity contribution in [3.05, 3.63) is 88.5 Å². The van der Waals surface area contributed by atoms with E-state index in [-0.39, 0.29) is 18.0 Å². The van der Waals surface area contributed by atoms with Crippen molar-refractivity contribution in [2.45, 2.75) is 13.3 Å². The smallest absolute Gasteiger partial charge is 0.269 e. The highest BCUT2D eigenvalue weighted by molar-refractivity contribution is 5.93. The number of carbonyl (C=O) groups excluding carboxylic acids is 1. The zero-order valence-corrected chi connectivity index (χ0v) is 15.8. The summed E-state index contributed by atoms with van der Waals surface area (Å²) in [7, 11) is 0. The number of hydrogen-bond donors (Lipinski definition) is 1. The maximum atomic E-state index is 12.4. The van der Waals surface area contributed by atoms with Crippen molar-refractivity contribution in [3.63, 3.8) is 0 Å². The van der Waals surface area contributed by atoms with Crippen molar-refractivity contribution < 1.29 is 19.2 Å². The first-order valence-corrected chi connectivity index (χ1v) is 9.08. The number of amides is 1. The van der Waals surface area contributed by atoms with Crippen LogP contribution < -0.4 is 14.8 Å². The molecule has 0 unspecified atom stereocenters. The molecular weight excluding hydrogens is 372 g/mol. The molecule has 0 aliphatic heterocycles. The molecule has 0 aliphatic carbocycles. The molecule has 0 fully saturated rings. The average molecular weight is 392 g/mol. The molecular formula is C22H20N2O5. The third kappa shape index (κ3) is 5.55. The molecule has 1 amide bonds. The molecule has 0 aromatic heterocycles. The van der Waals surface area contributed by atoms with E-state index in [9.17, 15) is 14.9 Å². The molecule has 3 aromatic carbocycles. The summed E-state index contributed by atoms with van der Waals surface area (Å²) in [5, 5.41) is 13.5. The van der Waals surface area contributed by atoms with Crippen LogP contribution in [-0.4, -0.2) is 17.4 Å². The summed E-state index contributed by atoms with van der Waals surface area (Å²) < 4.78 is 11.3. The van der Waals surface area contributed by atoms with E-state index >= 15 is 0 Å². The minimum absolute atomic E-state index is 0.0109. The number of carbonyl (C=O) groups is 1. The normalized spacial score (nSPS) is 10.2. The van der Waals surface area contributed by atoms with E-state index < -0.39 is 4.92 Å². The monoisotopic (exact) mass is 392 g/mol. The van der Waals surface area contributed by atoms with E-state index in [2.05, 4.69) is 5.32 Å². The lowest BCUT2D eigenvalue weighted by Gasteiger charge is -2.13. The van der Waals surface area contributed by atoms with Crippen molar-refractivity contribution in [3.8, 4) is 17.2 Å². The molecule has 0 saturated carbocycles. The number of nitrogens with one attached hydrogen (secondary N) is 1. The number of benzene rings is 3. The van der Waals surface area contributed by atoms with Crippen molar-refractivity contribution in [2.75, 3.05) is 11.9 Å². The fourth-order valence-electron chi connectivity index (χ4n) is 2.67. The summed E-state index contributed by atoms with van der Waals surface area (Å²) in [4.78, 5) is 22.7. The summed E-state index contributed by atoms with van der Waals surface area (Å²) in [6.07, 6.45) is 0.0926. The molecule has 3 rings (SSSR count). The number of nitro benzene ring substituents is 1. The van der Waals surface area contributed by atoms with Crippen LogP contribution in [-0.2, 0) is 11.2 Å². The van der Waals surface area contributed by atoms with Crippen LogP contribution in [0, 0.1) is 10.1 Å². The van der Waals surface area contributed by atoms with Crippen LogP contribution in [0.5, 0.6) is 17.2 Å². The first-order valence-electron chi connectivity index (χ1n) is 9.08. The van der Waals surface area contributed by atoms with Gasteiger partial charge in [0.15, 0.2) is 5.75 Å². The summed E-state index contributed by atoms with van der Waals surface area (Å²) >= 11 is 0. The zero-order valence-electron chi connectivity index (χ0n) is 15.8. The molecule has 3 aromatic rings. The van der Waals surface area contributed by atoms with Gasteiger partial charge in [-0.05, 0) is 48.9 Å². The Kier molecular flexibility index (Phi) is 6.42. The van der Waals surface area contributed by atoms with Gasteiger partial charge in [0.1, 0.15) is 11.5 Å². The standard InChI is InChI=1S/C22H20N2O5/c1-2-28-18-11-13-19(14-12-18)29-21-6-4-3-5-20(21)23-22(25)15-16-7-9-17(10-8-16)24(26)27/h3-14H,2,15H2,1H3,(H,23,25). The largest absolute Gasteiger partial charge is 0.494 e. The van der Waals surface area contributed by atoms with Gasteiger partial charge in [-0.25, -0.2) is 0 Å². The van der Waals surface area contributed by atoms with Crippen LogP contribution in [0.3, 0.4) is 0 Å². The third-order valence-electron chi connectivity index (χ3n) is 4.04. The van der Waals surface area contributed by atoms with Crippen LogP contribution in [0.2, 0.25) is 0 Å². The molecule has 7 nitrogen and oxygen atoms in total. The molecule has 7 heteroatoms. The number of ether oxygens (including phenoxy) is 2. The van der Waals surface area contributed by atoms with Gasteiger partial charge in [-0.2, -0.15) is 0 Å². The van der Waals surface area contributed by atoms with Gasteiger partial charge in [0, 0.05) is 12.1 Å². The topological polar surface area (TPSA) is 90.7 Å². The number of rotatable bonds is 8. The Morgan fingerprint density at radius 1 is 0.966 bits per heavy atom. The Hall–Kier alpha value is -3.87. The zero-order chi connectivity index (χ0) is 20.6. The summed E-state index contributed by atoms with van der Waals surface area (Å²) in [5.41, 5.74) is 1.20. The minimum atomic E-state index is -0.474. The molecule has 0 radical (unpaired) electrons. The summed E-state index contributed by atoms with van der Waals surface area (Å²) in [6.45, 7) is 2.50. The molecule has 0 atom stereocenters. The maximum Gasteiger partial charge on any atom is 0.269 e. The quantitative estimate of drug-likeness (QED) is 0.432. The van der Waals surface area contributed by atoms with Gasteiger partial charge in [0.2, 0.25) is 5.91 Å². The number of para-hydroxylation sites is 2. The number of non-ortho nitro benzene ring substituents is 1. The Morgan fingerprint density at radius 2 is 1.62 bits per heavy atom. The van der Waals surface area contributed by atoms with Gasteiger partial charge < -0.3 is 14.8 Å². The molecule has 148 valence electrons. The molecule has 0 bridgehead atoms. The van der Waals surface area contributed by atoms with Crippen molar-refractivity contribution in [2.24, 2.45) is 0 Å². The lowest BCUT2D eigenvalue weighted by molar-refractivity contribution is -0.384.